The van der Waals surface area contributed by atoms with E-state index in [0.29, 0.717) is 96.3 Å². The summed E-state index contributed by atoms with van der Waals surface area (Å²) in [6.07, 6.45) is 9.10. The van der Waals surface area contributed by atoms with Crippen LogP contribution in [0.2, 0.25) is 0 Å². The highest BCUT2D eigenvalue weighted by Crippen LogP contribution is 2.59. The molecule has 2 saturated carbocycles. The third kappa shape index (κ3) is 18.6. The van der Waals surface area contributed by atoms with Crippen molar-refractivity contribution in [2.45, 2.75) is 44.1 Å². The van der Waals surface area contributed by atoms with Gasteiger partial charge in [-0.1, -0.05) is 145 Å². The maximum absolute atomic E-state index is 13.8. The van der Waals surface area contributed by atoms with Gasteiger partial charge in [0.25, 0.3) is 0 Å². The van der Waals surface area contributed by atoms with Crippen LogP contribution in [0, 0.1) is 36.0 Å². The van der Waals surface area contributed by atoms with Crippen LogP contribution in [0.3, 0.4) is 0 Å². The van der Waals surface area contributed by atoms with Crippen molar-refractivity contribution in [1.29, 1.82) is 0 Å². The number of carboxylic acid groups (broad SMARTS) is 2. The molecule has 17 heteroatoms. The molecule has 0 aliphatic heterocycles. The maximum atomic E-state index is 13.8. The summed E-state index contributed by atoms with van der Waals surface area (Å²) >= 11 is 0. The van der Waals surface area contributed by atoms with Gasteiger partial charge >= 0.3 is 23.9 Å². The first kappa shape index (κ1) is 65.2. The van der Waals surface area contributed by atoms with Crippen molar-refractivity contribution in [3.63, 3.8) is 0 Å². The van der Waals surface area contributed by atoms with Crippen molar-refractivity contribution >= 4 is 23.9 Å². The first-order valence-electron chi connectivity index (χ1n) is 28.9. The number of hydrogen-bond acceptors (Lipinski definition) is 14. The molecule has 2 fully saturated rings. The number of carbonyl (C=O) groups is 4. The topological polar surface area (TPSA) is 221 Å². The minimum absolute atomic E-state index is 0.0684. The van der Waals surface area contributed by atoms with E-state index in [1.807, 2.05) is 158 Å². The molecule has 0 saturated heterocycles. The summed E-state index contributed by atoms with van der Waals surface area (Å²) in [6.45, 7) is 11.4. The number of terminal acetylenes is 1. The van der Waals surface area contributed by atoms with Gasteiger partial charge in [0, 0.05) is 60.8 Å². The Labute approximate surface area is 502 Å². The van der Waals surface area contributed by atoms with Crippen LogP contribution in [-0.4, -0.2) is 135 Å². The number of benzene rings is 6. The van der Waals surface area contributed by atoms with E-state index in [4.69, 9.17) is 49.4 Å². The third-order valence-corrected chi connectivity index (χ3v) is 14.8. The second kappa shape index (κ2) is 35.2. The number of imidazole rings is 1. The van der Waals surface area contributed by atoms with Gasteiger partial charge in [-0.05, 0) is 66.4 Å². The van der Waals surface area contributed by atoms with E-state index >= 15 is 0 Å². The Kier molecular flexibility index (Phi) is 26.7. The van der Waals surface area contributed by atoms with Gasteiger partial charge in [-0.15, -0.1) is 6.42 Å². The Bertz CT molecular complexity index is 3090. The number of hydrogen-bond donors (Lipinski definition) is 3. The molecule has 1 heterocycles. The fourth-order valence-electron chi connectivity index (χ4n) is 10.8. The van der Waals surface area contributed by atoms with Gasteiger partial charge < -0.3 is 57.8 Å². The van der Waals surface area contributed by atoms with Gasteiger partial charge in [-0.2, -0.15) is 0 Å². The lowest BCUT2D eigenvalue weighted by molar-refractivity contribution is -0.160. The molecule has 17 nitrogen and oxygen atoms in total. The first-order chi connectivity index (χ1) is 42.1. The average molecular weight is 1170 g/mol. The molecule has 7 aromatic rings. The minimum atomic E-state index is -0.925. The number of esters is 2. The van der Waals surface area contributed by atoms with E-state index in [1.54, 1.807) is 42.7 Å². The number of carbonyl (C=O) groups excluding carboxylic acids is 2. The predicted molar refractivity (Wildman–Crippen MR) is 323 cm³/mol. The molecule has 2 aliphatic carbocycles. The monoisotopic (exact) mass is 1170 g/mol. The minimum Gasteiger partial charge on any atom is -0.481 e. The van der Waals surface area contributed by atoms with E-state index in [-0.39, 0.29) is 6.61 Å². The largest absolute Gasteiger partial charge is 0.481 e. The molecule has 1 aromatic heterocycles. The lowest BCUT2D eigenvalue weighted by Gasteiger charge is -2.48. The molecule has 6 aromatic carbocycles. The number of aliphatic hydroxyl groups is 1. The van der Waals surface area contributed by atoms with Gasteiger partial charge in [0.15, 0.2) is 0 Å². The summed E-state index contributed by atoms with van der Waals surface area (Å²) in [5.41, 5.74) is 5.40. The maximum Gasteiger partial charge on any atom is 0.315 e. The molecule has 2 aliphatic rings. The average Bonchev–Trinajstić information content (AvgIpc) is 0.867. The number of nitrogens with zero attached hydrogens (tertiary/aromatic N) is 2. The molecule has 452 valence electrons. The van der Waals surface area contributed by atoms with Crippen molar-refractivity contribution in [3.05, 3.63) is 210 Å². The van der Waals surface area contributed by atoms with E-state index in [1.165, 1.54) is 0 Å². The Morgan fingerprint density at radius 3 is 1.26 bits per heavy atom. The van der Waals surface area contributed by atoms with Crippen LogP contribution < -0.4 is 9.47 Å². The van der Waals surface area contributed by atoms with E-state index in [9.17, 15) is 29.4 Å². The van der Waals surface area contributed by atoms with E-state index in [0.717, 1.165) is 40.1 Å². The zero-order chi connectivity index (χ0) is 60.9. The Morgan fingerprint density at radius 1 is 0.477 bits per heavy atom. The van der Waals surface area contributed by atoms with Gasteiger partial charge in [0.1, 0.15) is 11.5 Å². The van der Waals surface area contributed by atoms with Crippen LogP contribution in [0.15, 0.2) is 182 Å². The van der Waals surface area contributed by atoms with Gasteiger partial charge in [-0.25, -0.2) is 4.98 Å². The van der Waals surface area contributed by atoms with Crippen molar-refractivity contribution in [2.75, 3.05) is 85.9 Å². The highest BCUT2D eigenvalue weighted by molar-refractivity contribution is 5.87. The summed E-state index contributed by atoms with van der Waals surface area (Å²) in [5.74, 6) is -4.19. The first-order valence-corrected chi connectivity index (χ1v) is 28.9. The van der Waals surface area contributed by atoms with Crippen LogP contribution >= 0.6 is 0 Å². The molecule has 0 amide bonds. The number of carboxylic acids is 2. The molecule has 0 bridgehead atoms. The molecule has 0 radical (unpaired) electrons. The second-order valence-corrected chi connectivity index (χ2v) is 20.1. The Morgan fingerprint density at radius 2 is 0.860 bits per heavy atom. The SMILES string of the molecule is C#Cc1cccc(OC(=O)C2[C@@H](c3ccccc3)C(C(=O)O)[C@@H]2c2ccccc2)c1.CCOCCOCCOCCO.CCOCCOCCOCCn1cnc(-c2cccc(OC(=O)C3[C@@H](c4ccccc4)C(C(=O)O)[C@@H]3c3ccccc3)c2)c1. The smallest absolute Gasteiger partial charge is 0.315 e. The van der Waals surface area contributed by atoms with Crippen LogP contribution in [0.1, 0.15) is 65.3 Å². The summed E-state index contributed by atoms with van der Waals surface area (Å²) < 4.78 is 45.1. The normalized spacial score (nSPS) is 19.1. The number of aromatic nitrogens is 2. The van der Waals surface area contributed by atoms with Gasteiger partial charge in [-0.3, -0.25) is 19.2 Å². The van der Waals surface area contributed by atoms with E-state index in [2.05, 4.69) is 10.9 Å². The van der Waals surface area contributed by atoms with Crippen molar-refractivity contribution < 1.29 is 72.4 Å². The number of aliphatic hydroxyl groups excluding tert-OH is 1. The van der Waals surface area contributed by atoms with Crippen molar-refractivity contribution in [1.82, 2.24) is 9.55 Å². The Balaban J connectivity index is 0.000000216. The molecular weight excluding hydrogens is 1100 g/mol. The molecular formula is C69H76N2O15. The van der Waals surface area contributed by atoms with Gasteiger partial charge in [0.05, 0.1) is 108 Å². The predicted octanol–water partition coefficient (Wildman–Crippen LogP) is 9.94. The molecule has 0 unspecified atom stereocenters. The summed E-state index contributed by atoms with van der Waals surface area (Å²) in [7, 11) is 0. The number of aliphatic carboxylic acids is 2. The molecule has 9 rings (SSSR count). The lowest BCUT2D eigenvalue weighted by atomic mass is 9.52. The highest BCUT2D eigenvalue weighted by atomic mass is 16.6. The quantitative estimate of drug-likeness (QED) is 0.0165. The molecule has 0 spiro atoms. The molecule has 4 atom stereocenters. The van der Waals surface area contributed by atoms with E-state index < -0.39 is 71.2 Å². The lowest BCUT2D eigenvalue weighted by Crippen LogP contribution is -2.52. The number of rotatable bonds is 30. The summed E-state index contributed by atoms with van der Waals surface area (Å²) in [5, 5.41) is 28.5. The fourth-order valence-corrected chi connectivity index (χ4v) is 10.8. The summed E-state index contributed by atoms with van der Waals surface area (Å²) in [4.78, 5) is 56.2. The zero-order valence-corrected chi connectivity index (χ0v) is 48.6. The third-order valence-electron chi connectivity index (χ3n) is 14.8. The van der Waals surface area contributed by atoms with Gasteiger partial charge in [0.2, 0.25) is 0 Å². The van der Waals surface area contributed by atoms with Crippen molar-refractivity contribution in [2.24, 2.45) is 23.7 Å². The van der Waals surface area contributed by atoms with Crippen LogP contribution in [0.5, 0.6) is 11.5 Å². The number of ether oxygens (including phenoxy) is 8. The summed E-state index contributed by atoms with van der Waals surface area (Å²) in [6, 6.07) is 51.3. The van der Waals surface area contributed by atoms with Crippen LogP contribution in [-0.2, 0) is 54.1 Å². The molecule has 3 N–H and O–H groups in total. The molecule has 86 heavy (non-hydrogen) atoms. The standard InChI is InChI=1S/C35H38N2O7.C26H20O4.C8H18O4/c1-2-41-18-19-43-21-20-42-17-16-37-23-29(36-24-37)27-14-9-15-28(22-27)44-35(40)33-30(25-10-5-3-6-11-25)32(34(38)39)31(33)26-12-7-4-8-13-26;1-2-17-10-9-15-20(16-17)30-26(29)24-21(18-11-5-3-6-12-18)23(25(27)28)22(24)19-13-7-4-8-14-19;1-2-10-5-6-12-8-7-11-4-3-9/h3-15,22-24,30-33H,2,16-21H2,1H3,(H,38,39);1,3-16,21-24H,(H,27,28);9H,2-8H2,1H3/t30-,31-,32?,33?;21-,22-,23?,24?;/m00./s1. The van der Waals surface area contributed by atoms with Crippen LogP contribution in [0.4, 0.5) is 0 Å². The van der Waals surface area contributed by atoms with Crippen LogP contribution in [0.25, 0.3) is 11.3 Å². The fraction of sp³-hybridized carbons (Fsp3) is 0.348. The second-order valence-electron chi connectivity index (χ2n) is 20.1. The Hall–Kier alpha value is -8.31. The zero-order valence-electron chi connectivity index (χ0n) is 48.6. The van der Waals surface area contributed by atoms with Crippen molar-refractivity contribution in [3.8, 4) is 35.1 Å². The highest BCUT2D eigenvalue weighted by Gasteiger charge is 2.60.